The molecule has 1 N–H and O–H groups in total. The molecule has 1 aliphatic heterocycles. The van der Waals surface area contributed by atoms with E-state index in [0.29, 0.717) is 30.2 Å². The van der Waals surface area contributed by atoms with Gasteiger partial charge in [-0.25, -0.2) is 0 Å². The van der Waals surface area contributed by atoms with Crippen molar-refractivity contribution in [3.63, 3.8) is 0 Å². The molecule has 1 unspecified atom stereocenters. The third kappa shape index (κ3) is 5.24. The smallest absolute Gasteiger partial charge is 0.257 e. The summed E-state index contributed by atoms with van der Waals surface area (Å²) in [6, 6.07) is 16.9. The van der Waals surface area contributed by atoms with Crippen LogP contribution >= 0.6 is 11.8 Å². The molecule has 0 bridgehead atoms. The monoisotopic (exact) mass is 433 g/mol. The number of rotatable bonds is 7. The molecule has 7 heteroatoms. The molecule has 1 aliphatic rings. The molecule has 0 saturated heterocycles. The van der Waals surface area contributed by atoms with E-state index in [1.807, 2.05) is 49.4 Å². The Morgan fingerprint density at radius 1 is 1.19 bits per heavy atom. The largest absolute Gasteiger partial charge is 0.489 e. The van der Waals surface area contributed by atoms with Gasteiger partial charge in [0, 0.05) is 37.6 Å². The number of nitrogens with zero attached hydrogens (tertiary/aromatic N) is 2. The minimum atomic E-state index is -0.145. The number of hydrogen-bond donors (Lipinski definition) is 1. The van der Waals surface area contributed by atoms with Crippen molar-refractivity contribution in [1.29, 1.82) is 0 Å². The number of ether oxygens (including phenoxy) is 1. The van der Waals surface area contributed by atoms with E-state index in [2.05, 4.69) is 10.3 Å². The Morgan fingerprint density at radius 2 is 2.00 bits per heavy atom. The fourth-order valence-electron chi connectivity index (χ4n) is 3.34. The number of nitrogens with one attached hydrogen (secondary N) is 1. The topological polar surface area (TPSA) is 73.2 Å². The first-order valence-corrected chi connectivity index (χ1v) is 10.9. The molecule has 1 amide bonds. The third-order valence-electron chi connectivity index (χ3n) is 4.98. The molecule has 0 radical (unpaired) electrons. The van der Waals surface area contributed by atoms with Gasteiger partial charge in [-0.1, -0.05) is 53.7 Å². The van der Waals surface area contributed by atoms with Crippen LogP contribution in [0.15, 0.2) is 88.5 Å². The molecule has 3 heterocycles. The van der Waals surface area contributed by atoms with Crippen LogP contribution in [-0.2, 0) is 17.9 Å². The Balaban J connectivity index is 1.37. The lowest BCUT2D eigenvalue weighted by molar-refractivity contribution is -0.117. The molecule has 2 aromatic heterocycles. The molecule has 0 aliphatic carbocycles. The summed E-state index contributed by atoms with van der Waals surface area (Å²) in [6.07, 6.45) is 5.81. The molecular formula is C24H23N3O3S. The lowest BCUT2D eigenvalue weighted by atomic mass is 10.2. The lowest BCUT2D eigenvalue weighted by Gasteiger charge is -2.15. The van der Waals surface area contributed by atoms with Crippen LogP contribution in [0.1, 0.15) is 29.8 Å². The van der Waals surface area contributed by atoms with Crippen LogP contribution in [0.5, 0.6) is 5.75 Å². The van der Waals surface area contributed by atoms with Gasteiger partial charge < -0.3 is 14.6 Å². The molecule has 158 valence electrons. The minimum absolute atomic E-state index is 0.121. The van der Waals surface area contributed by atoms with Crippen molar-refractivity contribution in [2.45, 2.75) is 31.9 Å². The maximum absolute atomic E-state index is 12.7. The van der Waals surface area contributed by atoms with Gasteiger partial charge in [-0.3, -0.25) is 14.6 Å². The minimum Gasteiger partial charge on any atom is -0.489 e. The Morgan fingerprint density at radius 3 is 2.74 bits per heavy atom. The predicted octanol–water partition coefficient (Wildman–Crippen LogP) is 4.05. The van der Waals surface area contributed by atoms with Crippen molar-refractivity contribution in [3.05, 3.63) is 105 Å². The van der Waals surface area contributed by atoms with Gasteiger partial charge in [-0.15, -0.1) is 0 Å². The summed E-state index contributed by atoms with van der Waals surface area (Å²) in [5, 5.41) is 2.79. The second kappa shape index (κ2) is 9.66. The van der Waals surface area contributed by atoms with Crippen LogP contribution in [0.3, 0.4) is 0 Å². The Hall–Kier alpha value is -3.32. The molecule has 1 aromatic carbocycles. The fourth-order valence-corrected chi connectivity index (χ4v) is 4.70. The van der Waals surface area contributed by atoms with Crippen molar-refractivity contribution in [3.8, 4) is 5.75 Å². The number of carbonyl (C=O) groups is 1. The van der Waals surface area contributed by atoms with Gasteiger partial charge in [-0.05, 0) is 30.2 Å². The van der Waals surface area contributed by atoms with Gasteiger partial charge in [0.15, 0.2) is 0 Å². The van der Waals surface area contributed by atoms with Gasteiger partial charge in [0.1, 0.15) is 12.4 Å². The van der Waals surface area contributed by atoms with Crippen LogP contribution in [0.25, 0.3) is 0 Å². The molecule has 3 aromatic rings. The normalized spacial score (nSPS) is 15.7. The number of pyridine rings is 2. The van der Waals surface area contributed by atoms with Crippen molar-refractivity contribution in [1.82, 2.24) is 14.9 Å². The average Bonchev–Trinajstić information content (AvgIpc) is 3.19. The fraction of sp³-hybridized carbons (Fsp3) is 0.208. The van der Waals surface area contributed by atoms with Crippen molar-refractivity contribution in [2.24, 2.45) is 0 Å². The first-order chi connectivity index (χ1) is 15.1. The van der Waals surface area contributed by atoms with Crippen molar-refractivity contribution >= 4 is 17.7 Å². The van der Waals surface area contributed by atoms with Gasteiger partial charge in [0.05, 0.1) is 10.3 Å². The highest BCUT2D eigenvalue weighted by Crippen LogP contribution is 2.43. The van der Waals surface area contributed by atoms with E-state index in [1.165, 1.54) is 17.8 Å². The summed E-state index contributed by atoms with van der Waals surface area (Å²) in [5.41, 5.74) is 2.82. The number of hydrogen-bond acceptors (Lipinski definition) is 5. The van der Waals surface area contributed by atoms with E-state index in [1.54, 1.807) is 29.2 Å². The molecule has 31 heavy (non-hydrogen) atoms. The molecule has 0 fully saturated rings. The van der Waals surface area contributed by atoms with Gasteiger partial charge in [0.25, 0.3) is 11.5 Å². The van der Waals surface area contributed by atoms with E-state index >= 15 is 0 Å². The number of benzene rings is 1. The van der Waals surface area contributed by atoms with Crippen LogP contribution in [0.4, 0.5) is 0 Å². The van der Waals surface area contributed by atoms with Crippen LogP contribution in [-0.4, -0.2) is 15.5 Å². The van der Waals surface area contributed by atoms with Crippen LogP contribution < -0.4 is 15.6 Å². The highest BCUT2D eigenvalue weighted by molar-refractivity contribution is 8.04. The number of aromatic nitrogens is 2. The van der Waals surface area contributed by atoms with E-state index in [9.17, 15) is 9.59 Å². The number of amides is 1. The first-order valence-electron chi connectivity index (χ1n) is 10.0. The van der Waals surface area contributed by atoms with Gasteiger partial charge in [0.2, 0.25) is 0 Å². The van der Waals surface area contributed by atoms with E-state index < -0.39 is 0 Å². The molecule has 6 nitrogen and oxygen atoms in total. The van der Waals surface area contributed by atoms with Crippen molar-refractivity contribution in [2.75, 3.05) is 0 Å². The maximum atomic E-state index is 12.7. The summed E-state index contributed by atoms with van der Waals surface area (Å²) in [7, 11) is 0. The molecule has 0 saturated carbocycles. The second-order valence-electron chi connectivity index (χ2n) is 7.31. The van der Waals surface area contributed by atoms with Gasteiger partial charge in [-0.2, -0.15) is 0 Å². The molecule has 4 rings (SSSR count). The summed E-state index contributed by atoms with van der Waals surface area (Å²) in [6.45, 7) is 2.76. The number of thioether (sulfide) groups is 1. The predicted molar refractivity (Wildman–Crippen MR) is 122 cm³/mol. The molecular weight excluding hydrogens is 410 g/mol. The zero-order valence-electron chi connectivity index (χ0n) is 17.2. The third-order valence-corrected chi connectivity index (χ3v) is 6.42. The SMILES string of the molecule is CC1=C(C(=O)NCc2cccnc2)SC(n2ccc(OCc3ccccc3)cc2=O)C1. The average molecular weight is 434 g/mol. The highest BCUT2D eigenvalue weighted by Gasteiger charge is 2.28. The summed E-state index contributed by atoms with van der Waals surface area (Å²) in [5.74, 6) is 0.414. The summed E-state index contributed by atoms with van der Waals surface area (Å²) in [4.78, 5) is 30.1. The zero-order chi connectivity index (χ0) is 21.6. The Bertz CT molecular complexity index is 1140. The van der Waals surface area contributed by atoms with E-state index in [-0.39, 0.29) is 16.8 Å². The lowest BCUT2D eigenvalue weighted by Crippen LogP contribution is -2.24. The zero-order valence-corrected chi connectivity index (χ0v) is 18.0. The summed E-state index contributed by atoms with van der Waals surface area (Å²) >= 11 is 1.42. The highest BCUT2D eigenvalue weighted by atomic mass is 32.2. The van der Waals surface area contributed by atoms with E-state index in [4.69, 9.17) is 4.74 Å². The number of allylic oxidation sites excluding steroid dienone is 1. The molecule has 0 spiro atoms. The maximum Gasteiger partial charge on any atom is 0.257 e. The Labute approximate surface area is 185 Å². The quantitative estimate of drug-likeness (QED) is 0.609. The van der Waals surface area contributed by atoms with E-state index in [0.717, 1.165) is 16.7 Å². The van der Waals surface area contributed by atoms with Crippen LogP contribution in [0, 0.1) is 0 Å². The number of carbonyl (C=O) groups excluding carboxylic acids is 1. The second-order valence-corrected chi connectivity index (χ2v) is 8.50. The first kappa shape index (κ1) is 20.9. The summed E-state index contributed by atoms with van der Waals surface area (Å²) < 4.78 is 7.40. The van der Waals surface area contributed by atoms with Gasteiger partial charge >= 0.3 is 0 Å². The Kier molecular flexibility index (Phi) is 6.52. The standard InChI is InChI=1S/C24H23N3O3S/c1-17-12-22(31-23(17)24(29)26-15-19-8-5-10-25-14-19)27-11-9-20(13-21(27)28)30-16-18-6-3-2-4-7-18/h2-11,13-14,22H,12,15-16H2,1H3,(H,26,29). The van der Waals surface area contributed by atoms with Crippen molar-refractivity contribution < 1.29 is 9.53 Å². The molecule has 1 atom stereocenters. The van der Waals surface area contributed by atoms with Crippen LogP contribution in [0.2, 0.25) is 0 Å².